The number of unbranched alkanes of at least 4 members (excludes halogenated alkanes) is 1. The van der Waals surface area contributed by atoms with Crippen molar-refractivity contribution in [2.24, 2.45) is 5.92 Å². The third kappa shape index (κ3) is 5.60. The van der Waals surface area contributed by atoms with Crippen molar-refractivity contribution in [1.82, 2.24) is 25.3 Å². The zero-order valence-electron chi connectivity index (χ0n) is 19.2. The average Bonchev–Trinajstić information content (AvgIpc) is 3.40. The van der Waals surface area contributed by atoms with Gasteiger partial charge in [-0.3, -0.25) is 4.79 Å². The Labute approximate surface area is 184 Å². The van der Waals surface area contributed by atoms with Crippen LogP contribution in [-0.4, -0.2) is 32.4 Å². The van der Waals surface area contributed by atoms with Crippen LogP contribution in [0.3, 0.4) is 0 Å². The van der Waals surface area contributed by atoms with Gasteiger partial charge in [0.05, 0.1) is 5.69 Å². The van der Waals surface area contributed by atoms with E-state index in [0.29, 0.717) is 35.5 Å². The topological polar surface area (TPSA) is 85.8 Å². The molecule has 31 heavy (non-hydrogen) atoms. The van der Waals surface area contributed by atoms with E-state index in [-0.39, 0.29) is 11.8 Å². The van der Waals surface area contributed by atoms with Crippen LogP contribution >= 0.6 is 0 Å². The molecule has 7 heteroatoms. The first kappa shape index (κ1) is 22.7. The second-order valence-corrected chi connectivity index (χ2v) is 8.32. The number of aryl methyl sites for hydroxylation is 1. The zero-order valence-corrected chi connectivity index (χ0v) is 19.2. The number of nitrogens with one attached hydrogen (secondary N) is 1. The van der Waals surface area contributed by atoms with Crippen LogP contribution in [0.1, 0.15) is 81.2 Å². The Morgan fingerprint density at radius 2 is 2.00 bits per heavy atom. The molecule has 3 aromatic rings. The second kappa shape index (κ2) is 10.4. The first-order valence-corrected chi connectivity index (χ1v) is 11.2. The molecule has 0 aliphatic carbocycles. The van der Waals surface area contributed by atoms with Gasteiger partial charge in [0.25, 0.3) is 11.8 Å². The Morgan fingerprint density at radius 3 is 2.65 bits per heavy atom. The standard InChI is InChI=1S/C24H33N5O2/c1-6-8-10-18(7-2)15-25-23(30)19-11-9-12-20(13-19)29-22(16(3)4)14-21(28-29)24-27-26-17(5)31-24/h9,11-14,16,18H,6-8,10,15H2,1-5H3,(H,25,30)/t18-/m1/s1. The van der Waals surface area contributed by atoms with Crippen LogP contribution in [-0.2, 0) is 0 Å². The number of aromatic nitrogens is 4. The van der Waals surface area contributed by atoms with Gasteiger partial charge in [0.1, 0.15) is 5.69 Å². The Morgan fingerprint density at radius 1 is 1.19 bits per heavy atom. The summed E-state index contributed by atoms with van der Waals surface area (Å²) in [6.07, 6.45) is 4.60. The highest BCUT2D eigenvalue weighted by Gasteiger charge is 2.18. The first-order valence-electron chi connectivity index (χ1n) is 11.2. The largest absolute Gasteiger partial charge is 0.420 e. The number of hydrogen-bond acceptors (Lipinski definition) is 5. The van der Waals surface area contributed by atoms with Crippen molar-refractivity contribution in [1.29, 1.82) is 0 Å². The first-order chi connectivity index (χ1) is 14.9. The van der Waals surface area contributed by atoms with E-state index < -0.39 is 0 Å². The highest BCUT2D eigenvalue weighted by Crippen LogP contribution is 2.26. The van der Waals surface area contributed by atoms with E-state index in [1.54, 1.807) is 6.92 Å². The normalized spacial score (nSPS) is 12.3. The lowest BCUT2D eigenvalue weighted by Gasteiger charge is -2.16. The zero-order chi connectivity index (χ0) is 22.4. The quantitative estimate of drug-likeness (QED) is 0.478. The molecule has 0 aliphatic heterocycles. The molecule has 0 bridgehead atoms. The number of nitrogens with zero attached hydrogens (tertiary/aromatic N) is 4. The molecule has 166 valence electrons. The van der Waals surface area contributed by atoms with Gasteiger partial charge in [-0.1, -0.05) is 53.0 Å². The molecule has 0 spiro atoms. The molecular formula is C24H33N5O2. The van der Waals surface area contributed by atoms with E-state index >= 15 is 0 Å². The van der Waals surface area contributed by atoms with Crippen molar-refractivity contribution in [2.45, 2.75) is 66.2 Å². The van der Waals surface area contributed by atoms with Crippen molar-refractivity contribution in [3.05, 3.63) is 47.5 Å². The fraction of sp³-hybridized carbons (Fsp3) is 0.500. The van der Waals surface area contributed by atoms with Gasteiger partial charge in [-0.15, -0.1) is 10.2 Å². The maximum absolute atomic E-state index is 12.8. The minimum atomic E-state index is -0.0530. The van der Waals surface area contributed by atoms with Gasteiger partial charge in [-0.2, -0.15) is 5.10 Å². The molecule has 1 N–H and O–H groups in total. The number of amides is 1. The summed E-state index contributed by atoms with van der Waals surface area (Å²) < 4.78 is 7.40. The minimum absolute atomic E-state index is 0.0530. The minimum Gasteiger partial charge on any atom is -0.420 e. The Bertz CT molecular complexity index is 1010. The molecule has 0 fully saturated rings. The molecule has 2 aromatic heterocycles. The summed E-state index contributed by atoms with van der Waals surface area (Å²) in [6, 6.07) is 9.52. The molecule has 0 aliphatic rings. The summed E-state index contributed by atoms with van der Waals surface area (Å²) in [6.45, 7) is 11.1. The fourth-order valence-corrected chi connectivity index (χ4v) is 3.58. The Balaban J connectivity index is 1.82. The van der Waals surface area contributed by atoms with Gasteiger partial charge in [-0.25, -0.2) is 4.68 Å². The van der Waals surface area contributed by atoms with Crippen molar-refractivity contribution >= 4 is 5.91 Å². The third-order valence-corrected chi connectivity index (χ3v) is 5.52. The van der Waals surface area contributed by atoms with Gasteiger partial charge < -0.3 is 9.73 Å². The summed E-state index contributed by atoms with van der Waals surface area (Å²) in [5, 5.41) is 15.8. The van der Waals surface area contributed by atoms with Crippen LogP contribution in [0.4, 0.5) is 0 Å². The maximum atomic E-state index is 12.8. The van der Waals surface area contributed by atoms with E-state index in [1.807, 2.05) is 35.0 Å². The molecule has 0 radical (unpaired) electrons. The monoisotopic (exact) mass is 423 g/mol. The summed E-state index contributed by atoms with van der Waals surface area (Å²) in [5.74, 6) is 1.59. The number of benzene rings is 1. The number of carbonyl (C=O) groups excluding carboxylic acids is 1. The van der Waals surface area contributed by atoms with Crippen LogP contribution in [0.25, 0.3) is 17.3 Å². The summed E-state index contributed by atoms with van der Waals surface area (Å²) in [7, 11) is 0. The van der Waals surface area contributed by atoms with Gasteiger partial charge >= 0.3 is 0 Å². The predicted molar refractivity (Wildman–Crippen MR) is 121 cm³/mol. The molecular weight excluding hydrogens is 390 g/mol. The molecule has 1 atom stereocenters. The molecule has 0 unspecified atom stereocenters. The molecule has 0 saturated heterocycles. The van der Waals surface area contributed by atoms with E-state index in [1.165, 1.54) is 12.8 Å². The van der Waals surface area contributed by atoms with E-state index in [4.69, 9.17) is 9.52 Å². The van der Waals surface area contributed by atoms with Crippen molar-refractivity contribution in [3.63, 3.8) is 0 Å². The van der Waals surface area contributed by atoms with Crippen LogP contribution in [0.2, 0.25) is 0 Å². The van der Waals surface area contributed by atoms with E-state index in [9.17, 15) is 4.79 Å². The lowest BCUT2D eigenvalue weighted by Crippen LogP contribution is -2.29. The van der Waals surface area contributed by atoms with E-state index in [0.717, 1.165) is 24.2 Å². The SMILES string of the molecule is CCCC[C@@H](CC)CNC(=O)c1cccc(-n2nc(-c3nnc(C)o3)cc2C(C)C)c1. The Kier molecular flexibility index (Phi) is 7.60. The van der Waals surface area contributed by atoms with Gasteiger partial charge in [0, 0.05) is 24.7 Å². The van der Waals surface area contributed by atoms with E-state index in [2.05, 4.69) is 43.2 Å². The second-order valence-electron chi connectivity index (χ2n) is 8.32. The number of rotatable bonds is 10. The maximum Gasteiger partial charge on any atom is 0.268 e. The number of hydrogen-bond donors (Lipinski definition) is 1. The Hall–Kier alpha value is -2.96. The molecule has 1 aromatic carbocycles. The summed E-state index contributed by atoms with van der Waals surface area (Å²) in [4.78, 5) is 12.8. The van der Waals surface area contributed by atoms with Gasteiger partial charge in [0.2, 0.25) is 5.89 Å². The lowest BCUT2D eigenvalue weighted by atomic mass is 9.99. The summed E-state index contributed by atoms with van der Waals surface area (Å²) >= 11 is 0. The van der Waals surface area contributed by atoms with Crippen molar-refractivity contribution in [2.75, 3.05) is 6.54 Å². The van der Waals surface area contributed by atoms with Crippen LogP contribution in [0.5, 0.6) is 0 Å². The highest BCUT2D eigenvalue weighted by atomic mass is 16.4. The molecule has 3 rings (SSSR count). The average molecular weight is 424 g/mol. The van der Waals surface area contributed by atoms with Crippen molar-refractivity contribution < 1.29 is 9.21 Å². The third-order valence-electron chi connectivity index (χ3n) is 5.52. The van der Waals surface area contributed by atoms with Crippen LogP contribution < -0.4 is 5.32 Å². The number of carbonyl (C=O) groups is 1. The molecule has 1 amide bonds. The smallest absolute Gasteiger partial charge is 0.268 e. The fourth-order valence-electron chi connectivity index (χ4n) is 3.58. The molecule has 7 nitrogen and oxygen atoms in total. The predicted octanol–water partition coefficient (Wildman–Crippen LogP) is 5.30. The van der Waals surface area contributed by atoms with Crippen LogP contribution in [0, 0.1) is 12.8 Å². The van der Waals surface area contributed by atoms with Gasteiger partial charge in [-0.05, 0) is 42.5 Å². The molecule has 2 heterocycles. The van der Waals surface area contributed by atoms with Gasteiger partial charge in [0.15, 0.2) is 0 Å². The van der Waals surface area contributed by atoms with Crippen molar-refractivity contribution in [3.8, 4) is 17.3 Å². The van der Waals surface area contributed by atoms with Crippen LogP contribution in [0.15, 0.2) is 34.7 Å². The summed E-state index contributed by atoms with van der Waals surface area (Å²) in [5.41, 5.74) is 3.09. The molecule has 0 saturated carbocycles. The lowest BCUT2D eigenvalue weighted by molar-refractivity contribution is 0.0945. The highest BCUT2D eigenvalue weighted by molar-refractivity contribution is 5.94.